The van der Waals surface area contributed by atoms with Crippen LogP contribution in [-0.2, 0) is 23.9 Å². The van der Waals surface area contributed by atoms with E-state index in [0.29, 0.717) is 0 Å². The lowest BCUT2D eigenvalue weighted by molar-refractivity contribution is -0.158. The topological polar surface area (TPSA) is 113 Å². The Bertz CT molecular complexity index is 405. The lowest BCUT2D eigenvalue weighted by Crippen LogP contribution is -2.55. The summed E-state index contributed by atoms with van der Waals surface area (Å²) in [6.45, 7) is -0.412. The summed E-state index contributed by atoms with van der Waals surface area (Å²) in [6.07, 6.45) is -1.35. The van der Waals surface area contributed by atoms with Crippen LogP contribution in [0.5, 0.6) is 0 Å². The number of carboxylic acids is 1. The van der Waals surface area contributed by atoms with Gasteiger partial charge in [0.25, 0.3) is 5.91 Å². The number of nitrogens with zero attached hydrogens (tertiary/aromatic N) is 1. The van der Waals surface area contributed by atoms with Gasteiger partial charge in [-0.2, -0.15) is 0 Å². The molecular weight excluding hydrogens is 244 g/mol. The molecule has 0 aliphatic carbocycles. The first-order valence-corrected chi connectivity index (χ1v) is 5.47. The van der Waals surface area contributed by atoms with Gasteiger partial charge in [0, 0.05) is 0 Å². The third kappa shape index (κ3) is 2.48. The minimum Gasteiger partial charge on any atom is -0.479 e. The first kappa shape index (κ1) is 12.5. The fourth-order valence-corrected chi connectivity index (χ4v) is 2.00. The first-order chi connectivity index (χ1) is 8.47. The van der Waals surface area contributed by atoms with Crippen molar-refractivity contribution in [3.05, 3.63) is 0 Å². The van der Waals surface area contributed by atoms with Crippen LogP contribution in [0.1, 0.15) is 12.8 Å². The third-order valence-electron chi connectivity index (χ3n) is 2.83. The molecule has 2 heterocycles. The molecule has 8 heteroatoms. The summed E-state index contributed by atoms with van der Waals surface area (Å²) in [5.74, 6) is -2.72. The number of hydrogen-bond donors (Lipinski definition) is 2. The Balaban J connectivity index is 1.97. The molecule has 3 amide bonds. The molecule has 2 atom stereocenters. The molecule has 0 saturated carbocycles. The smallest absolute Gasteiger partial charge is 0.332 e. The number of carbonyl (C=O) groups excluding carboxylic acids is 3. The molecule has 2 aliphatic rings. The molecule has 18 heavy (non-hydrogen) atoms. The number of carboxylic acid groups (broad SMARTS) is 1. The number of nitrogens with one attached hydrogen (secondary N) is 1. The van der Waals surface area contributed by atoms with Gasteiger partial charge in [0.1, 0.15) is 19.2 Å². The standard InChI is InChI=1S/C10H12N2O6/c13-7-3-12(4-8(14)11-7)9(15)5-1-2-6(18-5)10(16)17/h5-6H,1-4H2,(H,16,17)(H,11,13,14)/t5-,6+/m0/s1. The average Bonchev–Trinajstić information content (AvgIpc) is 2.75. The zero-order valence-corrected chi connectivity index (χ0v) is 9.42. The molecule has 2 rings (SSSR count). The third-order valence-corrected chi connectivity index (χ3v) is 2.83. The lowest BCUT2D eigenvalue weighted by Gasteiger charge is -2.27. The minimum absolute atomic E-state index is 0.206. The van der Waals surface area contributed by atoms with Gasteiger partial charge in [0.05, 0.1) is 0 Å². The molecule has 0 bridgehead atoms. The summed E-state index contributed by atoms with van der Waals surface area (Å²) in [7, 11) is 0. The van der Waals surface area contributed by atoms with Crippen LogP contribution in [0.2, 0.25) is 0 Å². The first-order valence-electron chi connectivity index (χ1n) is 5.47. The summed E-state index contributed by atoms with van der Waals surface area (Å²) in [4.78, 5) is 45.9. The van der Waals surface area contributed by atoms with E-state index in [0.717, 1.165) is 4.90 Å². The van der Waals surface area contributed by atoms with Gasteiger partial charge in [-0.3, -0.25) is 19.7 Å². The largest absolute Gasteiger partial charge is 0.479 e. The predicted molar refractivity (Wildman–Crippen MR) is 55.3 cm³/mol. The van der Waals surface area contributed by atoms with Crippen LogP contribution >= 0.6 is 0 Å². The SMILES string of the molecule is O=C1CN(C(=O)[C@@H]2CC[C@H](C(=O)O)O2)CC(=O)N1. The van der Waals surface area contributed by atoms with E-state index in [1.807, 2.05) is 0 Å². The van der Waals surface area contributed by atoms with E-state index in [1.54, 1.807) is 0 Å². The van der Waals surface area contributed by atoms with E-state index in [1.165, 1.54) is 0 Å². The number of ether oxygens (including phenoxy) is 1. The van der Waals surface area contributed by atoms with Gasteiger partial charge in [-0.05, 0) is 12.8 Å². The maximum absolute atomic E-state index is 11.9. The number of imide groups is 1. The van der Waals surface area contributed by atoms with Crippen LogP contribution in [0.4, 0.5) is 0 Å². The van der Waals surface area contributed by atoms with Gasteiger partial charge in [0.15, 0.2) is 6.10 Å². The average molecular weight is 256 g/mol. The van der Waals surface area contributed by atoms with Crippen LogP contribution in [0.15, 0.2) is 0 Å². The van der Waals surface area contributed by atoms with Gasteiger partial charge in [-0.25, -0.2) is 4.79 Å². The van der Waals surface area contributed by atoms with E-state index in [4.69, 9.17) is 9.84 Å². The van der Waals surface area contributed by atoms with E-state index < -0.39 is 35.9 Å². The molecule has 98 valence electrons. The molecule has 2 saturated heterocycles. The van der Waals surface area contributed by atoms with Crippen LogP contribution < -0.4 is 5.32 Å². The number of hydrogen-bond acceptors (Lipinski definition) is 5. The molecule has 0 aromatic rings. The molecule has 0 radical (unpaired) electrons. The fraction of sp³-hybridized carbons (Fsp3) is 0.600. The highest BCUT2D eigenvalue weighted by molar-refractivity contribution is 6.03. The molecule has 8 nitrogen and oxygen atoms in total. The Morgan fingerprint density at radius 1 is 1.17 bits per heavy atom. The maximum atomic E-state index is 11.9. The van der Waals surface area contributed by atoms with Crippen molar-refractivity contribution < 1.29 is 29.0 Å². The van der Waals surface area contributed by atoms with Gasteiger partial charge >= 0.3 is 5.97 Å². The molecule has 0 unspecified atom stereocenters. The van der Waals surface area contributed by atoms with Crippen molar-refractivity contribution in [1.82, 2.24) is 10.2 Å². The summed E-state index contributed by atoms with van der Waals surface area (Å²) < 4.78 is 5.07. The minimum atomic E-state index is -1.11. The summed E-state index contributed by atoms with van der Waals surface area (Å²) in [5, 5.41) is 10.8. The molecular formula is C10H12N2O6. The molecule has 0 aromatic heterocycles. The second kappa shape index (κ2) is 4.73. The number of rotatable bonds is 2. The van der Waals surface area contributed by atoms with Crippen LogP contribution in [0.3, 0.4) is 0 Å². The van der Waals surface area contributed by atoms with Crippen LogP contribution in [0.25, 0.3) is 0 Å². The summed E-state index contributed by atoms with van der Waals surface area (Å²) >= 11 is 0. The maximum Gasteiger partial charge on any atom is 0.332 e. The van der Waals surface area contributed by atoms with Crippen molar-refractivity contribution in [2.24, 2.45) is 0 Å². The number of aliphatic carboxylic acids is 1. The zero-order valence-electron chi connectivity index (χ0n) is 9.42. The normalized spacial score (nSPS) is 28.1. The number of piperazine rings is 1. The highest BCUT2D eigenvalue weighted by atomic mass is 16.5. The number of carbonyl (C=O) groups is 4. The van der Waals surface area contributed by atoms with Gasteiger partial charge in [0.2, 0.25) is 11.8 Å². The van der Waals surface area contributed by atoms with Gasteiger partial charge < -0.3 is 14.7 Å². The van der Waals surface area contributed by atoms with Gasteiger partial charge in [-0.15, -0.1) is 0 Å². The van der Waals surface area contributed by atoms with Crippen molar-refractivity contribution in [3.8, 4) is 0 Å². The molecule has 2 fully saturated rings. The Labute approximate surface area is 102 Å². The van der Waals surface area contributed by atoms with Crippen molar-refractivity contribution in [2.45, 2.75) is 25.0 Å². The van der Waals surface area contributed by atoms with Crippen molar-refractivity contribution >= 4 is 23.7 Å². The lowest BCUT2D eigenvalue weighted by atomic mass is 10.1. The van der Waals surface area contributed by atoms with Crippen molar-refractivity contribution in [3.63, 3.8) is 0 Å². The second-order valence-electron chi connectivity index (χ2n) is 4.19. The van der Waals surface area contributed by atoms with E-state index >= 15 is 0 Å². The van der Waals surface area contributed by atoms with Gasteiger partial charge in [-0.1, -0.05) is 0 Å². The summed E-state index contributed by atoms with van der Waals surface area (Å²) in [6, 6.07) is 0. The summed E-state index contributed by atoms with van der Waals surface area (Å²) in [5.41, 5.74) is 0. The highest BCUT2D eigenvalue weighted by Gasteiger charge is 2.38. The Kier molecular flexibility index (Phi) is 3.28. The predicted octanol–water partition coefficient (Wildman–Crippen LogP) is -1.90. The van der Waals surface area contributed by atoms with Crippen molar-refractivity contribution in [1.29, 1.82) is 0 Å². The van der Waals surface area contributed by atoms with E-state index in [-0.39, 0.29) is 25.9 Å². The molecule has 2 aliphatic heterocycles. The monoisotopic (exact) mass is 256 g/mol. The van der Waals surface area contributed by atoms with Crippen LogP contribution in [-0.4, -0.2) is 59.0 Å². The Morgan fingerprint density at radius 2 is 1.72 bits per heavy atom. The number of amides is 3. The second-order valence-corrected chi connectivity index (χ2v) is 4.19. The quantitative estimate of drug-likeness (QED) is 0.558. The highest BCUT2D eigenvalue weighted by Crippen LogP contribution is 2.21. The Morgan fingerprint density at radius 3 is 2.22 bits per heavy atom. The van der Waals surface area contributed by atoms with Crippen LogP contribution in [0, 0.1) is 0 Å². The van der Waals surface area contributed by atoms with E-state index in [9.17, 15) is 19.2 Å². The molecule has 0 spiro atoms. The van der Waals surface area contributed by atoms with Crippen molar-refractivity contribution in [2.75, 3.05) is 13.1 Å². The molecule has 2 N–H and O–H groups in total. The zero-order chi connectivity index (χ0) is 13.3. The molecule has 0 aromatic carbocycles. The Hall–Kier alpha value is -1.96. The van der Waals surface area contributed by atoms with E-state index in [2.05, 4.69) is 5.32 Å². The fourth-order valence-electron chi connectivity index (χ4n) is 2.00.